The van der Waals surface area contributed by atoms with Crippen LogP contribution in [-0.2, 0) is 19.1 Å². The summed E-state index contributed by atoms with van der Waals surface area (Å²) in [5.41, 5.74) is 7.51. The van der Waals surface area contributed by atoms with Crippen LogP contribution in [0.1, 0.15) is 95.8 Å². The third-order valence-electron chi connectivity index (χ3n) is 12.9. The first kappa shape index (κ1) is 42.4. The van der Waals surface area contributed by atoms with E-state index < -0.39 is 24.4 Å². The molecule has 15 nitrogen and oxygen atoms in total. The Balaban J connectivity index is 1.01. The molecule has 6 heterocycles. The van der Waals surface area contributed by atoms with Crippen LogP contribution in [0.4, 0.5) is 4.79 Å². The second-order valence-electron chi connectivity index (χ2n) is 17.8. The molecule has 0 spiro atoms. The zero-order chi connectivity index (χ0) is 44.8. The smallest absolute Gasteiger partial charge is 0.407 e. The van der Waals surface area contributed by atoms with Crippen LogP contribution < -0.4 is 15.4 Å². The van der Waals surface area contributed by atoms with Gasteiger partial charge in [0.2, 0.25) is 23.9 Å². The molecule has 64 heavy (non-hydrogen) atoms. The number of carbonyl (C=O) groups is 4. The number of hydrogen-bond acceptors (Lipinski definition) is 8. The number of hydrogen-bond donors (Lipinski definition) is 4. The minimum atomic E-state index is -0.711. The van der Waals surface area contributed by atoms with Gasteiger partial charge in [0.15, 0.2) is 0 Å². The van der Waals surface area contributed by atoms with E-state index in [1.54, 1.807) is 0 Å². The Morgan fingerprint density at radius 1 is 0.750 bits per heavy atom. The summed E-state index contributed by atoms with van der Waals surface area (Å²) in [5, 5.41) is 6.60. The van der Waals surface area contributed by atoms with Gasteiger partial charge in [-0.2, -0.15) is 0 Å². The molecule has 3 aromatic carbocycles. The molecule has 6 aromatic rings. The maximum absolute atomic E-state index is 13.8. The Bertz CT molecular complexity index is 2720. The highest BCUT2D eigenvalue weighted by Crippen LogP contribution is 2.46. The monoisotopic (exact) mass is 865 g/mol. The number of aromatic amines is 2. The van der Waals surface area contributed by atoms with Crippen LogP contribution in [0.2, 0.25) is 0 Å². The zero-order valence-electron chi connectivity index (χ0n) is 37.1. The van der Waals surface area contributed by atoms with E-state index in [1.807, 2.05) is 68.1 Å². The number of benzene rings is 3. The van der Waals surface area contributed by atoms with Gasteiger partial charge in [0.05, 0.1) is 54.2 Å². The van der Waals surface area contributed by atoms with Gasteiger partial charge in [-0.1, -0.05) is 70.2 Å². The lowest BCUT2D eigenvalue weighted by Gasteiger charge is -2.30. The highest BCUT2D eigenvalue weighted by Gasteiger charge is 2.39. The summed E-state index contributed by atoms with van der Waals surface area (Å²) in [7, 11) is 1.29. The first-order chi connectivity index (χ1) is 30.9. The first-order valence-corrected chi connectivity index (χ1v) is 22.2. The molecule has 3 aliphatic rings. The molecule has 4 amide bonds. The first-order valence-electron chi connectivity index (χ1n) is 22.2. The van der Waals surface area contributed by atoms with Crippen molar-refractivity contribution < 1.29 is 28.7 Å². The third kappa shape index (κ3) is 7.88. The number of carbonyl (C=O) groups excluding carboxylic acids is 4. The molecule has 15 heteroatoms. The summed E-state index contributed by atoms with van der Waals surface area (Å²) in [6.07, 6.45) is 5.78. The molecule has 2 saturated heterocycles. The fourth-order valence-electron chi connectivity index (χ4n) is 9.59. The molecule has 0 bridgehead atoms. The Labute approximate surface area is 371 Å². The highest BCUT2D eigenvalue weighted by molar-refractivity contribution is 5.93. The van der Waals surface area contributed by atoms with E-state index in [9.17, 15) is 19.2 Å². The fraction of sp³-hybridized carbons (Fsp3) is 0.388. The lowest BCUT2D eigenvalue weighted by molar-refractivity contribution is -0.138. The molecule has 2 unspecified atom stereocenters. The van der Waals surface area contributed by atoms with E-state index in [-0.39, 0.29) is 41.6 Å². The van der Waals surface area contributed by atoms with Crippen molar-refractivity contribution in [3.63, 3.8) is 0 Å². The summed E-state index contributed by atoms with van der Waals surface area (Å²) >= 11 is 0. The summed E-state index contributed by atoms with van der Waals surface area (Å²) in [5.74, 6) is 1.52. The van der Waals surface area contributed by atoms with Crippen molar-refractivity contribution in [2.24, 2.45) is 11.8 Å². The molecular weight excluding hydrogens is 811 g/mol. The van der Waals surface area contributed by atoms with Crippen molar-refractivity contribution in [3.05, 3.63) is 102 Å². The van der Waals surface area contributed by atoms with Gasteiger partial charge in [-0.3, -0.25) is 14.4 Å². The minimum absolute atomic E-state index is 0.0538. The van der Waals surface area contributed by atoms with Crippen LogP contribution in [0.3, 0.4) is 0 Å². The summed E-state index contributed by atoms with van der Waals surface area (Å²) in [6.45, 7) is 10.3. The van der Waals surface area contributed by atoms with Gasteiger partial charge in [0.1, 0.15) is 29.5 Å². The number of rotatable bonds is 11. The molecule has 3 aliphatic heterocycles. The lowest BCUT2D eigenvalue weighted by atomic mass is 10.0. The normalized spacial score (nSPS) is 19.0. The van der Waals surface area contributed by atoms with Crippen molar-refractivity contribution in [2.75, 3.05) is 20.2 Å². The number of H-pyrrole nitrogens is 2. The van der Waals surface area contributed by atoms with E-state index in [1.165, 1.54) is 14.0 Å². The Morgan fingerprint density at radius 3 is 1.91 bits per heavy atom. The van der Waals surface area contributed by atoms with E-state index >= 15 is 0 Å². The molecule has 0 radical (unpaired) electrons. The van der Waals surface area contributed by atoms with Crippen molar-refractivity contribution in [1.82, 2.24) is 44.9 Å². The van der Waals surface area contributed by atoms with Crippen LogP contribution in [0.25, 0.3) is 44.7 Å². The molecule has 9 rings (SSSR count). The molecule has 3 aromatic heterocycles. The quantitative estimate of drug-likeness (QED) is 0.102. The molecular formula is C49H55N9O6. The predicted molar refractivity (Wildman–Crippen MR) is 242 cm³/mol. The summed E-state index contributed by atoms with van der Waals surface area (Å²) < 4.78 is 14.0. The van der Waals surface area contributed by atoms with Gasteiger partial charge in [-0.15, -0.1) is 0 Å². The number of fused-ring (bicyclic) bond motifs is 5. The summed E-state index contributed by atoms with van der Waals surface area (Å²) in [4.78, 5) is 71.8. The number of alkyl carbamates (subject to hydrolysis) is 1. The van der Waals surface area contributed by atoms with Crippen molar-refractivity contribution in [2.45, 2.75) is 90.7 Å². The SMILES string of the molecule is COC(=O)N[C@H](C(=O)N1CCC[C@H]1c1ncc(-c2ccc3c(c2)cc2n3[C@H](c3ccccc3)Oc3cc(-c4cnc(C5CCCN5C(=O)C(NC(C)=O)C(C)C)[nH]4)ccc3-2)[nH]1)C(C)C. The molecule has 332 valence electrons. The van der Waals surface area contributed by atoms with E-state index in [4.69, 9.17) is 19.4 Å². The number of aromatic nitrogens is 5. The number of methoxy groups -OCH3 is 1. The molecule has 4 N–H and O–H groups in total. The topological polar surface area (TPSA) is 180 Å². The second kappa shape index (κ2) is 17.3. The number of imidazole rings is 2. The van der Waals surface area contributed by atoms with Crippen molar-refractivity contribution >= 4 is 34.7 Å². The fourth-order valence-corrected chi connectivity index (χ4v) is 9.59. The lowest BCUT2D eigenvalue weighted by Crippen LogP contribution is -2.51. The van der Waals surface area contributed by atoms with Crippen LogP contribution in [0.5, 0.6) is 5.75 Å². The number of nitrogens with zero attached hydrogens (tertiary/aromatic N) is 5. The second-order valence-corrected chi connectivity index (χ2v) is 17.8. The van der Waals surface area contributed by atoms with Gasteiger partial charge >= 0.3 is 6.09 Å². The molecule has 0 aliphatic carbocycles. The van der Waals surface area contributed by atoms with Crippen molar-refractivity contribution in [1.29, 1.82) is 0 Å². The van der Waals surface area contributed by atoms with Crippen molar-refractivity contribution in [3.8, 4) is 39.5 Å². The van der Waals surface area contributed by atoms with Gasteiger partial charge in [-0.25, -0.2) is 14.8 Å². The average Bonchev–Trinajstić information content (AvgIpc) is 4.15. The van der Waals surface area contributed by atoms with Crippen LogP contribution >= 0.6 is 0 Å². The zero-order valence-corrected chi connectivity index (χ0v) is 37.1. The number of likely N-dealkylation sites (tertiary alicyclic amines) is 2. The minimum Gasteiger partial charge on any atom is -0.465 e. The molecule has 5 atom stereocenters. The van der Waals surface area contributed by atoms with Crippen LogP contribution in [-0.4, -0.2) is 90.4 Å². The molecule has 2 fully saturated rings. The van der Waals surface area contributed by atoms with Crippen LogP contribution in [0, 0.1) is 11.8 Å². The number of ether oxygens (including phenoxy) is 2. The van der Waals surface area contributed by atoms with E-state index in [0.717, 1.165) is 81.7 Å². The maximum atomic E-state index is 13.8. The standard InChI is InChI=1S/C49H55N9O6/c1-27(2)42(52-29(5)59)46(60)56-20-10-14-38(56)45-51-26-36(54-45)32-16-18-34-40-23-33-22-31(17-19-37(33)58(40)48(64-41(34)24-32)30-12-8-7-9-13-30)35-25-50-44(53-35)39-15-11-21-57(39)47(61)43(28(3)4)55-49(62)63-6/h7-9,12-13,16-19,22-28,38-39,42-43,48H,10-11,14-15,20-21H2,1-6H3,(H,50,53)(H,51,54)(H,52,59)(H,55,62)/t38?,39-,42?,43-,48-/m0/s1. The third-order valence-corrected chi connectivity index (χ3v) is 12.9. The Kier molecular flexibility index (Phi) is 11.5. The summed E-state index contributed by atoms with van der Waals surface area (Å²) in [6, 6.07) is 23.2. The maximum Gasteiger partial charge on any atom is 0.407 e. The van der Waals surface area contributed by atoms with E-state index in [2.05, 4.69) is 79.8 Å². The largest absolute Gasteiger partial charge is 0.465 e. The van der Waals surface area contributed by atoms with E-state index in [0.29, 0.717) is 24.7 Å². The highest BCUT2D eigenvalue weighted by atomic mass is 16.5. The van der Waals surface area contributed by atoms with Gasteiger partial charge in [0.25, 0.3) is 0 Å². The van der Waals surface area contributed by atoms with Gasteiger partial charge < -0.3 is 44.4 Å². The van der Waals surface area contributed by atoms with Gasteiger partial charge in [0, 0.05) is 47.7 Å². The predicted octanol–water partition coefficient (Wildman–Crippen LogP) is 7.90. The average molecular weight is 866 g/mol. The number of amides is 4. The Hall–Kier alpha value is -6.90. The number of nitrogens with one attached hydrogen (secondary N) is 4. The van der Waals surface area contributed by atoms with Crippen LogP contribution in [0.15, 0.2) is 85.2 Å². The Morgan fingerprint density at radius 2 is 1.33 bits per heavy atom. The molecule has 0 saturated carbocycles. The van der Waals surface area contributed by atoms with Gasteiger partial charge in [-0.05, 0) is 67.9 Å².